The lowest BCUT2D eigenvalue weighted by molar-refractivity contribution is 0.0996. The summed E-state index contributed by atoms with van der Waals surface area (Å²) in [5.74, 6) is 0. The van der Waals surface area contributed by atoms with Crippen molar-refractivity contribution in [3.8, 4) is 0 Å². The lowest BCUT2D eigenvalue weighted by Gasteiger charge is -2.19. The van der Waals surface area contributed by atoms with Crippen molar-refractivity contribution in [2.45, 2.75) is 42.5 Å². The molecule has 2 fully saturated rings. The minimum atomic E-state index is -3.47. The van der Waals surface area contributed by atoms with Crippen LogP contribution >= 0.6 is 0 Å². The molecule has 7 heteroatoms. The smallest absolute Gasteiger partial charge is 0.257 e. The molecule has 0 saturated carbocycles. The van der Waals surface area contributed by atoms with Crippen molar-refractivity contribution in [3.63, 3.8) is 0 Å². The van der Waals surface area contributed by atoms with E-state index in [1.54, 1.807) is 0 Å². The molecule has 6 nitrogen and oxygen atoms in total. The number of rotatable bonds is 3. The largest absolute Gasteiger partial charge is 0.373 e. The molecule has 3 heterocycles. The zero-order valence-corrected chi connectivity index (χ0v) is 9.40. The number of fused-ring (bicyclic) bond motifs is 2. The predicted octanol–water partition coefficient (Wildman–Crippen LogP) is 0.00790. The molecule has 3 rings (SSSR count). The van der Waals surface area contributed by atoms with E-state index in [0.717, 1.165) is 19.3 Å². The summed E-state index contributed by atoms with van der Waals surface area (Å²) in [7, 11) is -3.47. The van der Waals surface area contributed by atoms with Crippen molar-refractivity contribution in [3.05, 3.63) is 12.3 Å². The number of sulfonamides is 1. The molecule has 1 aromatic heterocycles. The van der Waals surface area contributed by atoms with Gasteiger partial charge in [-0.3, -0.25) is 5.10 Å². The van der Waals surface area contributed by atoms with Crippen LogP contribution in [-0.2, 0) is 14.8 Å². The highest BCUT2D eigenvalue weighted by Crippen LogP contribution is 2.34. The number of hydrogen-bond acceptors (Lipinski definition) is 4. The molecule has 0 radical (unpaired) electrons. The Morgan fingerprint density at radius 1 is 1.50 bits per heavy atom. The van der Waals surface area contributed by atoms with Crippen molar-refractivity contribution in [1.82, 2.24) is 14.9 Å². The number of aromatic amines is 1. The maximum absolute atomic E-state index is 11.9. The highest BCUT2D eigenvalue weighted by molar-refractivity contribution is 7.89. The van der Waals surface area contributed by atoms with Crippen LogP contribution in [0.25, 0.3) is 0 Å². The van der Waals surface area contributed by atoms with E-state index in [0.29, 0.717) is 0 Å². The lowest BCUT2D eigenvalue weighted by Crippen LogP contribution is -2.41. The summed E-state index contributed by atoms with van der Waals surface area (Å²) in [6, 6.07) is 1.35. The van der Waals surface area contributed by atoms with Crippen molar-refractivity contribution in [2.75, 3.05) is 0 Å². The topological polar surface area (TPSA) is 84.1 Å². The van der Waals surface area contributed by atoms with Crippen LogP contribution in [0.3, 0.4) is 0 Å². The molecular formula is C9H13N3O3S. The quantitative estimate of drug-likeness (QED) is 0.783. The zero-order valence-electron chi connectivity index (χ0n) is 8.59. The van der Waals surface area contributed by atoms with E-state index in [1.165, 1.54) is 12.3 Å². The molecule has 0 aromatic carbocycles. The minimum Gasteiger partial charge on any atom is -0.373 e. The molecule has 2 N–H and O–H groups in total. The Morgan fingerprint density at radius 3 is 2.94 bits per heavy atom. The molecule has 0 aliphatic carbocycles. The summed E-state index contributed by atoms with van der Waals surface area (Å²) in [6.45, 7) is 0. The van der Waals surface area contributed by atoms with Gasteiger partial charge in [0.25, 0.3) is 10.0 Å². The van der Waals surface area contributed by atoms with Crippen LogP contribution in [0.15, 0.2) is 17.3 Å². The van der Waals surface area contributed by atoms with Gasteiger partial charge < -0.3 is 4.74 Å². The molecular weight excluding hydrogens is 230 g/mol. The summed E-state index contributed by atoms with van der Waals surface area (Å²) in [6.07, 6.45) is 4.47. The van der Waals surface area contributed by atoms with Gasteiger partial charge in [0.1, 0.15) is 0 Å². The zero-order chi connectivity index (χ0) is 11.2. The maximum Gasteiger partial charge on any atom is 0.257 e. The molecule has 88 valence electrons. The van der Waals surface area contributed by atoms with Crippen molar-refractivity contribution in [2.24, 2.45) is 0 Å². The van der Waals surface area contributed by atoms with Gasteiger partial charge in [-0.25, -0.2) is 13.1 Å². The molecule has 2 aliphatic heterocycles. The first-order valence-electron chi connectivity index (χ1n) is 5.32. The second kappa shape index (κ2) is 3.54. The van der Waals surface area contributed by atoms with Crippen molar-refractivity contribution in [1.29, 1.82) is 0 Å². The SMILES string of the molecule is O=S(=O)(NC1CC2CCC1O2)c1ccn[nH]1. The van der Waals surface area contributed by atoms with E-state index in [9.17, 15) is 8.42 Å². The summed E-state index contributed by atoms with van der Waals surface area (Å²) >= 11 is 0. The molecule has 1 aromatic rings. The first kappa shape index (κ1) is 10.2. The van der Waals surface area contributed by atoms with Crippen LogP contribution in [0.4, 0.5) is 0 Å². The van der Waals surface area contributed by atoms with E-state index < -0.39 is 10.0 Å². The monoisotopic (exact) mass is 243 g/mol. The first-order chi connectivity index (χ1) is 7.65. The lowest BCUT2D eigenvalue weighted by atomic mass is 9.96. The second-order valence-corrected chi connectivity index (χ2v) is 5.94. The fourth-order valence-corrected chi connectivity index (χ4v) is 3.60. The molecule has 16 heavy (non-hydrogen) atoms. The standard InChI is InChI=1S/C9H13N3O3S/c13-16(14,9-3-4-10-11-9)12-7-5-6-1-2-8(7)15-6/h3-4,6-8,12H,1-2,5H2,(H,10,11). The number of H-pyrrole nitrogens is 1. The summed E-state index contributed by atoms with van der Waals surface area (Å²) in [5, 5.41) is 6.20. The number of hydrogen-bond donors (Lipinski definition) is 2. The average Bonchev–Trinajstić information content (AvgIpc) is 2.94. The fourth-order valence-electron chi connectivity index (χ4n) is 2.42. The summed E-state index contributed by atoms with van der Waals surface area (Å²) in [4.78, 5) is 0. The highest BCUT2D eigenvalue weighted by Gasteiger charge is 2.42. The minimum absolute atomic E-state index is 0.0442. The van der Waals surface area contributed by atoms with Gasteiger partial charge >= 0.3 is 0 Å². The van der Waals surface area contributed by atoms with Gasteiger partial charge in [0.05, 0.1) is 24.4 Å². The van der Waals surface area contributed by atoms with Gasteiger partial charge in [0.15, 0.2) is 5.03 Å². The van der Waals surface area contributed by atoms with Crippen LogP contribution in [0, 0.1) is 0 Å². The Morgan fingerprint density at radius 2 is 2.38 bits per heavy atom. The number of nitrogens with one attached hydrogen (secondary N) is 2. The third kappa shape index (κ3) is 1.64. The Labute approximate surface area is 93.4 Å². The second-order valence-electron chi connectivity index (χ2n) is 4.26. The maximum atomic E-state index is 11.9. The van der Waals surface area contributed by atoms with Gasteiger partial charge in [-0.2, -0.15) is 5.10 Å². The Hall–Kier alpha value is -0.920. The Bertz CT molecular complexity index is 470. The molecule has 0 spiro atoms. The van der Waals surface area contributed by atoms with Crippen molar-refractivity contribution >= 4 is 10.0 Å². The summed E-state index contributed by atoms with van der Waals surface area (Å²) in [5.41, 5.74) is 0. The molecule has 2 aliphatic rings. The Balaban J connectivity index is 1.76. The molecule has 2 saturated heterocycles. The van der Waals surface area contributed by atoms with E-state index in [1.807, 2.05) is 0 Å². The van der Waals surface area contributed by atoms with Crippen LogP contribution < -0.4 is 4.72 Å². The third-order valence-corrected chi connectivity index (χ3v) is 4.60. The van der Waals surface area contributed by atoms with E-state index in [-0.39, 0.29) is 23.3 Å². The first-order valence-corrected chi connectivity index (χ1v) is 6.80. The molecule has 2 bridgehead atoms. The van der Waals surface area contributed by atoms with Crippen LogP contribution in [0.1, 0.15) is 19.3 Å². The van der Waals surface area contributed by atoms with Gasteiger partial charge in [-0.05, 0) is 25.3 Å². The van der Waals surface area contributed by atoms with Crippen molar-refractivity contribution < 1.29 is 13.2 Å². The normalized spacial score (nSPS) is 33.4. The highest BCUT2D eigenvalue weighted by atomic mass is 32.2. The number of ether oxygens (including phenoxy) is 1. The van der Waals surface area contributed by atoms with Gasteiger partial charge in [0, 0.05) is 0 Å². The Kier molecular flexibility index (Phi) is 2.27. The van der Waals surface area contributed by atoms with E-state index in [4.69, 9.17) is 4.74 Å². The van der Waals surface area contributed by atoms with Gasteiger partial charge in [0.2, 0.25) is 0 Å². The third-order valence-electron chi connectivity index (χ3n) is 3.18. The molecule has 3 atom stereocenters. The van der Waals surface area contributed by atoms with E-state index in [2.05, 4.69) is 14.9 Å². The molecule has 3 unspecified atom stereocenters. The molecule has 0 amide bonds. The number of nitrogens with zero attached hydrogens (tertiary/aromatic N) is 1. The fraction of sp³-hybridized carbons (Fsp3) is 0.667. The van der Waals surface area contributed by atoms with Gasteiger partial charge in [-0.15, -0.1) is 0 Å². The summed E-state index contributed by atoms with van der Waals surface area (Å²) < 4.78 is 32.0. The van der Waals surface area contributed by atoms with Crippen LogP contribution in [0.5, 0.6) is 0 Å². The average molecular weight is 243 g/mol. The van der Waals surface area contributed by atoms with Crippen LogP contribution in [0.2, 0.25) is 0 Å². The number of aromatic nitrogens is 2. The predicted molar refractivity (Wildman–Crippen MR) is 55.2 cm³/mol. The van der Waals surface area contributed by atoms with Gasteiger partial charge in [-0.1, -0.05) is 0 Å². The van der Waals surface area contributed by atoms with E-state index >= 15 is 0 Å². The van der Waals surface area contributed by atoms with Crippen LogP contribution in [-0.4, -0.2) is 36.9 Å².